The van der Waals surface area contributed by atoms with E-state index in [1.807, 2.05) is 6.92 Å². The van der Waals surface area contributed by atoms with Gasteiger partial charge < -0.3 is 19.7 Å². The van der Waals surface area contributed by atoms with E-state index in [2.05, 4.69) is 32.4 Å². The average Bonchev–Trinajstić information content (AvgIpc) is 3.24. The summed E-state index contributed by atoms with van der Waals surface area (Å²) in [5.41, 5.74) is 2.13. The van der Waals surface area contributed by atoms with Gasteiger partial charge in [-0.15, -0.1) is 0 Å². The maximum atomic E-state index is 12.4. The van der Waals surface area contributed by atoms with Gasteiger partial charge in [-0.2, -0.15) is 0 Å². The monoisotopic (exact) mass is 456 g/mol. The average molecular weight is 457 g/mol. The maximum absolute atomic E-state index is 12.4. The topological polar surface area (TPSA) is 135 Å². The third kappa shape index (κ3) is 4.95. The van der Waals surface area contributed by atoms with E-state index < -0.39 is 0 Å². The molecule has 0 radical (unpaired) electrons. The lowest BCUT2D eigenvalue weighted by atomic mass is 10.2. The Morgan fingerprint density at radius 3 is 2.76 bits per heavy atom. The van der Waals surface area contributed by atoms with Crippen molar-refractivity contribution in [3.8, 4) is 11.5 Å². The van der Waals surface area contributed by atoms with Crippen LogP contribution in [-0.2, 0) is 22.6 Å². The fourth-order valence-corrected chi connectivity index (χ4v) is 3.80. The summed E-state index contributed by atoms with van der Waals surface area (Å²) < 4.78 is 10.8. The molecule has 4 heterocycles. The van der Waals surface area contributed by atoms with Crippen LogP contribution in [0.3, 0.4) is 0 Å². The minimum absolute atomic E-state index is 0.122. The van der Waals surface area contributed by atoms with Crippen molar-refractivity contribution in [1.82, 2.24) is 30.2 Å². The standard InChI is InChI=1S/C21H28N8O4/c1-4-22-20(30)26-17-9-23-15(8-24-17)18-25-16-11-28(21(31)33-5-2)10-14(16)19(27-18)29-6-7-32-12-13(29)3/h8-9,13H,4-7,10-12H2,1-3H3,(H2,22,24,26,30)/t13-/m0/s1. The van der Waals surface area contributed by atoms with Gasteiger partial charge >= 0.3 is 12.1 Å². The van der Waals surface area contributed by atoms with Crippen molar-refractivity contribution in [3.63, 3.8) is 0 Å². The Morgan fingerprint density at radius 2 is 2.06 bits per heavy atom. The highest BCUT2D eigenvalue weighted by atomic mass is 16.6. The van der Waals surface area contributed by atoms with Crippen LogP contribution in [0.15, 0.2) is 12.4 Å². The maximum Gasteiger partial charge on any atom is 0.410 e. The van der Waals surface area contributed by atoms with E-state index in [1.165, 1.54) is 12.4 Å². The van der Waals surface area contributed by atoms with Gasteiger partial charge in [0.2, 0.25) is 0 Å². The largest absolute Gasteiger partial charge is 0.450 e. The van der Waals surface area contributed by atoms with Crippen LogP contribution in [0.4, 0.5) is 21.2 Å². The van der Waals surface area contributed by atoms with Crippen LogP contribution in [0.1, 0.15) is 32.0 Å². The van der Waals surface area contributed by atoms with E-state index in [-0.39, 0.29) is 18.2 Å². The molecule has 4 rings (SSSR count). The molecule has 0 aliphatic carbocycles. The summed E-state index contributed by atoms with van der Waals surface area (Å²) in [6.45, 7) is 9.09. The number of aromatic nitrogens is 4. The lowest BCUT2D eigenvalue weighted by Gasteiger charge is -2.35. The number of nitrogens with one attached hydrogen (secondary N) is 2. The second-order valence-electron chi connectivity index (χ2n) is 7.74. The summed E-state index contributed by atoms with van der Waals surface area (Å²) in [7, 11) is 0. The Morgan fingerprint density at radius 1 is 1.21 bits per heavy atom. The number of amides is 3. The molecular weight excluding hydrogens is 428 g/mol. The van der Waals surface area contributed by atoms with Gasteiger partial charge in [0.25, 0.3) is 0 Å². The van der Waals surface area contributed by atoms with Crippen LogP contribution in [0.25, 0.3) is 11.5 Å². The van der Waals surface area contributed by atoms with Crippen LogP contribution in [0.5, 0.6) is 0 Å². The molecule has 0 bridgehead atoms. The zero-order valence-corrected chi connectivity index (χ0v) is 19.0. The molecule has 12 heteroatoms. The van der Waals surface area contributed by atoms with Crippen molar-refractivity contribution >= 4 is 23.8 Å². The molecule has 3 amide bonds. The highest BCUT2D eigenvalue weighted by Crippen LogP contribution is 2.33. The number of carbonyl (C=O) groups is 2. The van der Waals surface area contributed by atoms with Gasteiger partial charge in [-0.05, 0) is 20.8 Å². The number of hydrogen-bond acceptors (Lipinski definition) is 9. The third-order valence-electron chi connectivity index (χ3n) is 5.39. The molecule has 0 spiro atoms. The first-order chi connectivity index (χ1) is 16.0. The molecule has 1 saturated heterocycles. The van der Waals surface area contributed by atoms with Crippen LogP contribution in [0.2, 0.25) is 0 Å². The molecule has 0 unspecified atom stereocenters. The zero-order chi connectivity index (χ0) is 23.4. The van der Waals surface area contributed by atoms with E-state index in [4.69, 9.17) is 19.4 Å². The number of anilines is 2. The summed E-state index contributed by atoms with van der Waals surface area (Å²) in [6, 6.07) is -0.229. The molecule has 2 N–H and O–H groups in total. The molecule has 33 heavy (non-hydrogen) atoms. The number of hydrogen-bond donors (Lipinski definition) is 2. The number of nitrogens with zero attached hydrogens (tertiary/aromatic N) is 6. The second-order valence-corrected chi connectivity index (χ2v) is 7.74. The first kappa shape index (κ1) is 22.6. The van der Waals surface area contributed by atoms with Crippen LogP contribution in [0, 0.1) is 0 Å². The molecular formula is C21H28N8O4. The van der Waals surface area contributed by atoms with Crippen molar-refractivity contribution in [2.45, 2.75) is 39.9 Å². The molecule has 1 atom stereocenters. The molecule has 1 fully saturated rings. The predicted octanol–water partition coefficient (Wildman–Crippen LogP) is 1.77. The van der Waals surface area contributed by atoms with E-state index in [1.54, 1.807) is 11.8 Å². The number of carbonyl (C=O) groups excluding carboxylic acids is 2. The minimum Gasteiger partial charge on any atom is -0.450 e. The van der Waals surface area contributed by atoms with Crippen molar-refractivity contribution in [2.24, 2.45) is 0 Å². The van der Waals surface area contributed by atoms with E-state index in [0.717, 1.165) is 17.1 Å². The van der Waals surface area contributed by atoms with Crippen LogP contribution in [-0.4, -0.2) is 75.9 Å². The summed E-state index contributed by atoms with van der Waals surface area (Å²) in [5.74, 6) is 1.50. The quantitative estimate of drug-likeness (QED) is 0.690. The first-order valence-electron chi connectivity index (χ1n) is 11.0. The van der Waals surface area contributed by atoms with Gasteiger partial charge in [-0.1, -0.05) is 0 Å². The molecule has 2 aliphatic rings. The molecule has 12 nitrogen and oxygen atoms in total. The third-order valence-corrected chi connectivity index (χ3v) is 5.39. The van der Waals surface area contributed by atoms with Crippen LogP contribution < -0.4 is 15.5 Å². The smallest absolute Gasteiger partial charge is 0.410 e. The Kier molecular flexibility index (Phi) is 6.82. The van der Waals surface area contributed by atoms with Gasteiger partial charge in [0, 0.05) is 18.7 Å². The van der Waals surface area contributed by atoms with Crippen LogP contribution >= 0.6 is 0 Å². The zero-order valence-electron chi connectivity index (χ0n) is 19.0. The van der Waals surface area contributed by atoms with E-state index in [0.29, 0.717) is 63.3 Å². The fraction of sp³-hybridized carbons (Fsp3) is 0.524. The Hall–Kier alpha value is -3.54. The molecule has 2 aromatic heterocycles. The molecule has 2 aliphatic heterocycles. The number of rotatable bonds is 5. The highest BCUT2D eigenvalue weighted by molar-refractivity contribution is 5.88. The predicted molar refractivity (Wildman–Crippen MR) is 120 cm³/mol. The van der Waals surface area contributed by atoms with E-state index in [9.17, 15) is 9.59 Å². The van der Waals surface area contributed by atoms with Gasteiger partial charge in [0.05, 0.1) is 57.0 Å². The van der Waals surface area contributed by atoms with Crippen molar-refractivity contribution < 1.29 is 19.1 Å². The summed E-state index contributed by atoms with van der Waals surface area (Å²) in [5, 5.41) is 5.26. The number of morpholine rings is 1. The van der Waals surface area contributed by atoms with Crippen molar-refractivity contribution in [3.05, 3.63) is 23.7 Å². The number of fused-ring (bicyclic) bond motifs is 1. The first-order valence-corrected chi connectivity index (χ1v) is 11.0. The van der Waals surface area contributed by atoms with Crippen molar-refractivity contribution in [1.29, 1.82) is 0 Å². The Bertz CT molecular complexity index is 1020. The van der Waals surface area contributed by atoms with E-state index >= 15 is 0 Å². The summed E-state index contributed by atoms with van der Waals surface area (Å²) in [6.07, 6.45) is 2.61. The van der Waals surface area contributed by atoms with Gasteiger partial charge in [0.1, 0.15) is 11.5 Å². The SMILES string of the molecule is CCNC(=O)Nc1cnc(-c2nc3c(c(N4CCOC[C@@H]4C)n2)CN(C(=O)OCC)C3)cn1. The number of ether oxygens (including phenoxy) is 2. The molecule has 0 saturated carbocycles. The van der Waals surface area contributed by atoms with Gasteiger partial charge in [0.15, 0.2) is 11.6 Å². The van der Waals surface area contributed by atoms with Gasteiger partial charge in [-0.3, -0.25) is 10.2 Å². The lowest BCUT2D eigenvalue weighted by Crippen LogP contribution is -2.44. The minimum atomic E-state index is -0.376. The molecule has 0 aromatic carbocycles. The molecule has 2 aromatic rings. The Balaban J connectivity index is 1.66. The summed E-state index contributed by atoms with van der Waals surface area (Å²) >= 11 is 0. The van der Waals surface area contributed by atoms with Crippen molar-refractivity contribution in [2.75, 3.05) is 43.1 Å². The normalized spacial score (nSPS) is 17.5. The summed E-state index contributed by atoms with van der Waals surface area (Å²) in [4.78, 5) is 46.0. The Labute approximate surface area is 191 Å². The second kappa shape index (κ2) is 9.94. The van der Waals surface area contributed by atoms with Gasteiger partial charge in [-0.25, -0.2) is 29.5 Å². The lowest BCUT2D eigenvalue weighted by molar-refractivity contribution is 0.0980. The fourth-order valence-electron chi connectivity index (χ4n) is 3.80. The molecule has 176 valence electrons. The highest BCUT2D eigenvalue weighted by Gasteiger charge is 2.33. The number of urea groups is 1.